The average molecular weight is 381 g/mol. The Kier molecular flexibility index (Phi) is 5.20. The molecule has 0 aliphatic heterocycles. The fourth-order valence-electron chi connectivity index (χ4n) is 2.69. The zero-order valence-corrected chi connectivity index (χ0v) is 14.5. The lowest BCUT2D eigenvalue weighted by Crippen LogP contribution is -2.37. The lowest BCUT2D eigenvalue weighted by atomic mass is 10.2. The summed E-state index contributed by atoms with van der Waals surface area (Å²) in [6, 6.07) is 7.81. The lowest BCUT2D eigenvalue weighted by Gasteiger charge is -2.13. The molecule has 0 bridgehead atoms. The number of alkyl halides is 3. The highest BCUT2D eigenvalue weighted by molar-refractivity contribution is 5.75. The number of carbonyl (C=O) groups is 1. The van der Waals surface area contributed by atoms with Crippen LogP contribution in [0, 0.1) is 0 Å². The van der Waals surface area contributed by atoms with Gasteiger partial charge in [-0.25, -0.2) is 4.68 Å². The maximum absolute atomic E-state index is 13.1. The Morgan fingerprint density at radius 2 is 2.04 bits per heavy atom. The third kappa shape index (κ3) is 4.47. The van der Waals surface area contributed by atoms with Crippen molar-refractivity contribution >= 4 is 5.91 Å². The number of hydrogen-bond donors (Lipinski definition) is 1. The van der Waals surface area contributed by atoms with Crippen LogP contribution in [-0.2, 0) is 24.1 Å². The summed E-state index contributed by atoms with van der Waals surface area (Å²) in [7, 11) is 1.49. The average Bonchev–Trinajstić information content (AvgIpc) is 3.46. The van der Waals surface area contributed by atoms with E-state index in [1.54, 1.807) is 24.3 Å². The maximum atomic E-state index is 13.1. The fourth-order valence-corrected chi connectivity index (χ4v) is 2.69. The highest BCUT2D eigenvalue weighted by Gasteiger charge is 2.37. The van der Waals surface area contributed by atoms with Gasteiger partial charge < -0.3 is 10.1 Å². The molecule has 1 aliphatic carbocycles. The maximum Gasteiger partial charge on any atom is 0.421 e. The van der Waals surface area contributed by atoms with E-state index in [9.17, 15) is 22.8 Å². The largest absolute Gasteiger partial charge is 0.496 e. The van der Waals surface area contributed by atoms with Crippen LogP contribution in [0.5, 0.6) is 5.75 Å². The van der Waals surface area contributed by atoms with Gasteiger partial charge in [0, 0.05) is 18.0 Å². The topological polar surface area (TPSA) is 73.2 Å². The Balaban J connectivity index is 1.77. The fraction of sp³-hybridized carbons (Fsp3) is 0.389. The van der Waals surface area contributed by atoms with Gasteiger partial charge in [-0.3, -0.25) is 9.59 Å². The Labute approximate surface area is 153 Å². The quantitative estimate of drug-likeness (QED) is 0.834. The van der Waals surface area contributed by atoms with E-state index in [2.05, 4.69) is 10.4 Å². The van der Waals surface area contributed by atoms with Crippen molar-refractivity contribution in [2.24, 2.45) is 0 Å². The van der Waals surface area contributed by atoms with Crippen molar-refractivity contribution < 1.29 is 22.7 Å². The molecule has 0 unspecified atom stereocenters. The SMILES string of the molecule is COc1ccccc1CNC(=O)Cn1nc(C2CC2)cc(C(F)(F)F)c1=O. The van der Waals surface area contributed by atoms with E-state index >= 15 is 0 Å². The van der Waals surface area contributed by atoms with E-state index in [1.807, 2.05) is 0 Å². The van der Waals surface area contributed by atoms with Crippen molar-refractivity contribution in [3.8, 4) is 5.75 Å². The minimum atomic E-state index is -4.79. The Bertz CT molecular complexity index is 905. The van der Waals surface area contributed by atoms with Gasteiger partial charge in [0.05, 0.1) is 12.8 Å². The van der Waals surface area contributed by atoms with Crippen LogP contribution < -0.4 is 15.6 Å². The molecular formula is C18H18F3N3O3. The molecule has 1 fully saturated rings. The zero-order valence-electron chi connectivity index (χ0n) is 14.5. The highest BCUT2D eigenvalue weighted by atomic mass is 19.4. The number of para-hydroxylation sites is 1. The minimum Gasteiger partial charge on any atom is -0.496 e. The van der Waals surface area contributed by atoms with Crippen LogP contribution in [0.1, 0.15) is 35.6 Å². The summed E-state index contributed by atoms with van der Waals surface area (Å²) in [4.78, 5) is 24.3. The van der Waals surface area contributed by atoms with Gasteiger partial charge in [0.2, 0.25) is 5.91 Å². The van der Waals surface area contributed by atoms with E-state index in [0.29, 0.717) is 16.0 Å². The molecule has 6 nitrogen and oxygen atoms in total. The van der Waals surface area contributed by atoms with Crippen molar-refractivity contribution in [2.45, 2.75) is 38.0 Å². The molecule has 27 heavy (non-hydrogen) atoms. The van der Waals surface area contributed by atoms with Gasteiger partial charge in [-0.15, -0.1) is 0 Å². The van der Waals surface area contributed by atoms with Crippen LogP contribution in [0.15, 0.2) is 35.1 Å². The third-order valence-electron chi connectivity index (χ3n) is 4.26. The molecule has 1 amide bonds. The van der Waals surface area contributed by atoms with Gasteiger partial charge in [0.1, 0.15) is 17.9 Å². The number of aromatic nitrogens is 2. The van der Waals surface area contributed by atoms with Gasteiger partial charge in [-0.2, -0.15) is 18.3 Å². The molecule has 1 aromatic carbocycles. The summed E-state index contributed by atoms with van der Waals surface area (Å²) in [5.41, 5.74) is -1.72. The standard InChI is InChI=1S/C18H18F3N3O3/c1-27-15-5-3-2-4-12(15)9-22-16(25)10-24-17(26)13(18(19,20)21)8-14(23-24)11-6-7-11/h2-5,8,11H,6-7,9-10H2,1H3,(H,22,25). The monoisotopic (exact) mass is 381 g/mol. The van der Waals surface area contributed by atoms with Crippen LogP contribution in [0.2, 0.25) is 0 Å². The first-order valence-electron chi connectivity index (χ1n) is 8.37. The van der Waals surface area contributed by atoms with Gasteiger partial charge in [0.25, 0.3) is 5.56 Å². The predicted molar refractivity (Wildman–Crippen MR) is 90.3 cm³/mol. The number of nitrogens with one attached hydrogen (secondary N) is 1. The minimum absolute atomic E-state index is 0.0883. The van der Waals surface area contributed by atoms with Crippen molar-refractivity contribution in [3.63, 3.8) is 0 Å². The van der Waals surface area contributed by atoms with Gasteiger partial charge in [-0.1, -0.05) is 18.2 Å². The van der Waals surface area contributed by atoms with Gasteiger partial charge >= 0.3 is 6.18 Å². The molecule has 0 radical (unpaired) electrons. The number of benzene rings is 1. The molecule has 0 atom stereocenters. The highest BCUT2D eigenvalue weighted by Crippen LogP contribution is 2.40. The van der Waals surface area contributed by atoms with E-state index in [0.717, 1.165) is 18.9 Å². The second-order valence-electron chi connectivity index (χ2n) is 6.31. The first kappa shape index (κ1) is 18.9. The molecule has 1 aromatic heterocycles. The second-order valence-corrected chi connectivity index (χ2v) is 6.31. The number of amides is 1. The zero-order chi connectivity index (χ0) is 19.6. The number of hydrogen-bond acceptors (Lipinski definition) is 4. The molecule has 144 valence electrons. The van der Waals surface area contributed by atoms with E-state index in [1.165, 1.54) is 7.11 Å². The number of rotatable bonds is 6. The summed E-state index contributed by atoms with van der Waals surface area (Å²) >= 11 is 0. The Morgan fingerprint density at radius 1 is 1.33 bits per heavy atom. The van der Waals surface area contributed by atoms with Crippen molar-refractivity contribution in [3.05, 3.63) is 57.5 Å². The van der Waals surface area contributed by atoms with Crippen LogP contribution in [0.25, 0.3) is 0 Å². The van der Waals surface area contributed by atoms with Gasteiger partial charge in [0.15, 0.2) is 0 Å². The summed E-state index contributed by atoms with van der Waals surface area (Å²) in [5, 5.41) is 6.53. The van der Waals surface area contributed by atoms with Crippen LogP contribution in [-0.4, -0.2) is 22.8 Å². The number of carbonyl (C=O) groups excluding carboxylic acids is 1. The molecular weight excluding hydrogens is 363 g/mol. The number of ether oxygens (including phenoxy) is 1. The van der Waals surface area contributed by atoms with Gasteiger partial charge in [-0.05, 0) is 25.0 Å². The van der Waals surface area contributed by atoms with Crippen LogP contribution in [0.3, 0.4) is 0 Å². The number of halogens is 3. The predicted octanol–water partition coefficient (Wildman–Crippen LogP) is 2.46. The molecule has 1 heterocycles. The van der Waals surface area contributed by atoms with E-state index in [-0.39, 0.29) is 18.2 Å². The molecule has 1 saturated carbocycles. The number of nitrogens with zero attached hydrogens (tertiary/aromatic N) is 2. The van der Waals surface area contributed by atoms with E-state index in [4.69, 9.17) is 4.74 Å². The lowest BCUT2D eigenvalue weighted by molar-refractivity contribution is -0.139. The summed E-state index contributed by atoms with van der Waals surface area (Å²) in [6.07, 6.45) is -3.34. The summed E-state index contributed by atoms with van der Waals surface area (Å²) < 4.78 is 45.1. The first-order valence-corrected chi connectivity index (χ1v) is 8.37. The first-order chi connectivity index (χ1) is 12.8. The number of methoxy groups -OCH3 is 1. The Hall–Kier alpha value is -2.84. The molecule has 9 heteroatoms. The van der Waals surface area contributed by atoms with Crippen molar-refractivity contribution in [2.75, 3.05) is 7.11 Å². The normalized spacial score (nSPS) is 14.1. The van der Waals surface area contributed by atoms with E-state index < -0.39 is 29.8 Å². The molecule has 3 rings (SSSR count). The smallest absolute Gasteiger partial charge is 0.421 e. The van der Waals surface area contributed by atoms with Crippen molar-refractivity contribution in [1.82, 2.24) is 15.1 Å². The van der Waals surface area contributed by atoms with Crippen LogP contribution >= 0.6 is 0 Å². The molecule has 2 aromatic rings. The van der Waals surface area contributed by atoms with Crippen molar-refractivity contribution in [1.29, 1.82) is 0 Å². The molecule has 0 spiro atoms. The molecule has 1 N–H and O–H groups in total. The molecule has 0 saturated heterocycles. The molecule has 1 aliphatic rings. The Morgan fingerprint density at radius 3 is 2.67 bits per heavy atom. The second kappa shape index (κ2) is 7.42. The third-order valence-corrected chi connectivity index (χ3v) is 4.26. The summed E-state index contributed by atoms with van der Waals surface area (Å²) in [6.45, 7) is -0.469. The van der Waals surface area contributed by atoms with Crippen LogP contribution in [0.4, 0.5) is 13.2 Å². The summed E-state index contributed by atoms with van der Waals surface area (Å²) in [5.74, 6) is -0.130.